The summed E-state index contributed by atoms with van der Waals surface area (Å²) in [5.41, 5.74) is 6.16. The number of nitrogens with zero attached hydrogens (tertiary/aromatic N) is 1. The molecule has 0 aliphatic carbocycles. The van der Waals surface area contributed by atoms with Crippen molar-refractivity contribution < 1.29 is 4.79 Å². The van der Waals surface area contributed by atoms with Gasteiger partial charge in [0.2, 0.25) is 5.91 Å². The van der Waals surface area contributed by atoms with E-state index in [1.54, 1.807) is 19.2 Å². The predicted molar refractivity (Wildman–Crippen MR) is 74.9 cm³/mol. The van der Waals surface area contributed by atoms with E-state index in [2.05, 4.69) is 4.98 Å². The van der Waals surface area contributed by atoms with Crippen LogP contribution in [0.15, 0.2) is 22.6 Å². The summed E-state index contributed by atoms with van der Waals surface area (Å²) in [6, 6.07) is 0. The van der Waals surface area contributed by atoms with Crippen molar-refractivity contribution >= 4 is 23.7 Å². The van der Waals surface area contributed by atoms with Gasteiger partial charge in [-0.05, 0) is 18.9 Å². The maximum atomic E-state index is 11.6. The number of aryl methyl sites for hydroxylation is 1. The van der Waals surface area contributed by atoms with E-state index < -0.39 is 11.8 Å². The zero-order chi connectivity index (χ0) is 14.4. The molecular weight excluding hydrogens is 268 g/mol. The number of rotatable bonds is 7. The van der Waals surface area contributed by atoms with E-state index in [0.29, 0.717) is 23.7 Å². The second-order valence-corrected chi connectivity index (χ2v) is 4.44. The first-order chi connectivity index (χ1) is 9.03. The van der Waals surface area contributed by atoms with Crippen LogP contribution in [-0.4, -0.2) is 27.6 Å². The number of nitrogens with two attached hydrogens (primary N) is 1. The Morgan fingerprint density at radius 3 is 2.84 bits per heavy atom. The summed E-state index contributed by atoms with van der Waals surface area (Å²) in [6.45, 7) is 2.14. The lowest BCUT2D eigenvalue weighted by atomic mass is 9.96. The maximum absolute atomic E-state index is 11.6. The van der Waals surface area contributed by atoms with Gasteiger partial charge < -0.3 is 16.1 Å². The van der Waals surface area contributed by atoms with Gasteiger partial charge in [0, 0.05) is 30.5 Å². The van der Waals surface area contributed by atoms with Gasteiger partial charge in [-0.15, -0.1) is 11.6 Å². The van der Waals surface area contributed by atoms with E-state index in [0.717, 1.165) is 0 Å². The zero-order valence-electron chi connectivity index (χ0n) is 10.6. The SMILES string of the molecule is C/C=C(\C=N)CC(C(N)=O)c1cn(CCCl)c(=O)[nH]1. The fourth-order valence-electron chi connectivity index (χ4n) is 1.75. The number of nitrogens with one attached hydrogen (secondary N) is 2. The van der Waals surface area contributed by atoms with Crippen LogP contribution >= 0.6 is 11.6 Å². The standard InChI is InChI=1S/C12H17ClN4O2/c1-2-8(6-14)5-9(11(15)18)10-7-17(4-3-13)12(19)16-10/h2,6-7,9,14H,3-5H2,1H3,(H2,15,18)(H,16,19)/b8-2-,14-6?. The summed E-state index contributed by atoms with van der Waals surface area (Å²) in [6.07, 6.45) is 4.74. The molecule has 7 heteroatoms. The van der Waals surface area contributed by atoms with Crippen LogP contribution in [0.1, 0.15) is 25.0 Å². The summed E-state index contributed by atoms with van der Waals surface area (Å²) in [5, 5.41) is 7.23. The molecule has 0 bridgehead atoms. The molecule has 0 radical (unpaired) electrons. The number of hydrogen-bond acceptors (Lipinski definition) is 3. The number of hydrogen-bond donors (Lipinski definition) is 3. The second-order valence-electron chi connectivity index (χ2n) is 4.06. The first-order valence-corrected chi connectivity index (χ1v) is 6.37. The van der Waals surface area contributed by atoms with Crippen molar-refractivity contribution in [2.75, 3.05) is 5.88 Å². The van der Waals surface area contributed by atoms with Crippen molar-refractivity contribution in [3.05, 3.63) is 34.0 Å². The number of aromatic amines is 1. The molecule has 0 saturated heterocycles. The lowest BCUT2D eigenvalue weighted by Crippen LogP contribution is -2.23. The van der Waals surface area contributed by atoms with Gasteiger partial charge in [-0.25, -0.2) is 4.79 Å². The van der Waals surface area contributed by atoms with E-state index in [9.17, 15) is 9.59 Å². The van der Waals surface area contributed by atoms with Crippen LogP contribution in [0.3, 0.4) is 0 Å². The van der Waals surface area contributed by atoms with Crippen LogP contribution < -0.4 is 11.4 Å². The Morgan fingerprint density at radius 1 is 1.68 bits per heavy atom. The van der Waals surface area contributed by atoms with Gasteiger partial charge in [0.25, 0.3) is 0 Å². The highest BCUT2D eigenvalue weighted by atomic mass is 35.5. The van der Waals surface area contributed by atoms with E-state index in [1.165, 1.54) is 10.8 Å². The van der Waals surface area contributed by atoms with E-state index in [1.807, 2.05) is 0 Å². The number of carbonyl (C=O) groups is 1. The summed E-state index contributed by atoms with van der Waals surface area (Å²) in [5.74, 6) is -0.892. The molecule has 1 heterocycles. The summed E-state index contributed by atoms with van der Waals surface area (Å²) in [4.78, 5) is 25.7. The van der Waals surface area contributed by atoms with Gasteiger partial charge in [0.1, 0.15) is 0 Å². The third-order valence-electron chi connectivity index (χ3n) is 2.85. The van der Waals surface area contributed by atoms with Gasteiger partial charge in [-0.2, -0.15) is 0 Å². The van der Waals surface area contributed by atoms with Crippen LogP contribution in [-0.2, 0) is 11.3 Å². The fraction of sp³-hybridized carbons (Fsp3) is 0.417. The Bertz CT molecular complexity index is 544. The van der Waals surface area contributed by atoms with E-state index in [-0.39, 0.29) is 12.1 Å². The molecule has 1 amide bonds. The molecule has 0 saturated carbocycles. The van der Waals surface area contributed by atoms with Gasteiger partial charge in [0.15, 0.2) is 0 Å². The minimum atomic E-state index is -0.655. The predicted octanol–water partition coefficient (Wildman–Crippen LogP) is 0.970. The Kier molecular flexibility index (Phi) is 5.57. The third-order valence-corrected chi connectivity index (χ3v) is 3.02. The number of alkyl halides is 1. The van der Waals surface area contributed by atoms with Gasteiger partial charge in [-0.1, -0.05) is 6.08 Å². The number of H-pyrrole nitrogens is 1. The number of amides is 1. The number of halogens is 1. The van der Waals surface area contributed by atoms with Crippen molar-refractivity contribution in [2.45, 2.75) is 25.8 Å². The van der Waals surface area contributed by atoms with Crippen molar-refractivity contribution in [3.63, 3.8) is 0 Å². The summed E-state index contributed by atoms with van der Waals surface area (Å²) >= 11 is 5.58. The average Bonchev–Trinajstić information content (AvgIpc) is 2.72. The van der Waals surface area contributed by atoms with Crippen molar-refractivity contribution in [3.8, 4) is 0 Å². The molecule has 0 aromatic carbocycles. The summed E-state index contributed by atoms with van der Waals surface area (Å²) in [7, 11) is 0. The normalized spacial score (nSPS) is 13.3. The lowest BCUT2D eigenvalue weighted by molar-refractivity contribution is -0.119. The Labute approximate surface area is 115 Å². The quantitative estimate of drug-likeness (QED) is 0.513. The average molecular weight is 285 g/mol. The summed E-state index contributed by atoms with van der Waals surface area (Å²) < 4.78 is 1.40. The van der Waals surface area contributed by atoms with Crippen molar-refractivity contribution in [1.29, 1.82) is 5.41 Å². The molecule has 6 nitrogen and oxygen atoms in total. The molecule has 0 fully saturated rings. The first kappa shape index (κ1) is 15.2. The molecule has 1 rings (SSSR count). The Balaban J connectivity index is 3.06. The molecule has 0 spiro atoms. The fourth-order valence-corrected chi connectivity index (χ4v) is 1.93. The van der Waals surface area contributed by atoms with Crippen LogP contribution in [0.5, 0.6) is 0 Å². The topological polar surface area (TPSA) is 105 Å². The van der Waals surface area contributed by atoms with E-state index >= 15 is 0 Å². The highest BCUT2D eigenvalue weighted by Crippen LogP contribution is 2.20. The van der Waals surface area contributed by atoms with Gasteiger partial charge >= 0.3 is 5.69 Å². The number of imidazole rings is 1. The molecule has 0 aliphatic rings. The molecular formula is C12H17ClN4O2. The molecule has 4 N–H and O–H groups in total. The van der Waals surface area contributed by atoms with Crippen LogP contribution in [0, 0.1) is 5.41 Å². The zero-order valence-corrected chi connectivity index (χ0v) is 11.4. The van der Waals surface area contributed by atoms with Gasteiger partial charge in [0.05, 0.1) is 5.92 Å². The molecule has 1 aromatic heterocycles. The monoisotopic (exact) mass is 284 g/mol. The minimum absolute atomic E-state index is 0.288. The third kappa shape index (κ3) is 3.82. The highest BCUT2D eigenvalue weighted by Gasteiger charge is 2.21. The van der Waals surface area contributed by atoms with Crippen LogP contribution in [0.25, 0.3) is 0 Å². The number of primary amides is 1. The van der Waals surface area contributed by atoms with Crippen LogP contribution in [0.4, 0.5) is 0 Å². The van der Waals surface area contributed by atoms with Gasteiger partial charge in [-0.3, -0.25) is 9.36 Å². The molecule has 1 unspecified atom stereocenters. The number of carbonyl (C=O) groups excluding carboxylic acids is 1. The van der Waals surface area contributed by atoms with Crippen molar-refractivity contribution in [1.82, 2.24) is 9.55 Å². The number of aromatic nitrogens is 2. The molecule has 19 heavy (non-hydrogen) atoms. The molecule has 1 atom stereocenters. The Hall–Kier alpha value is -1.82. The van der Waals surface area contributed by atoms with E-state index in [4.69, 9.17) is 22.7 Å². The number of allylic oxidation sites excluding steroid dienone is 2. The molecule has 1 aromatic rings. The first-order valence-electron chi connectivity index (χ1n) is 5.83. The molecule has 0 aliphatic heterocycles. The highest BCUT2D eigenvalue weighted by molar-refractivity contribution is 6.17. The largest absolute Gasteiger partial charge is 0.369 e. The lowest BCUT2D eigenvalue weighted by Gasteiger charge is -2.11. The second kappa shape index (κ2) is 6.94. The molecule has 104 valence electrons. The Morgan fingerprint density at radius 2 is 2.37 bits per heavy atom. The minimum Gasteiger partial charge on any atom is -0.369 e. The van der Waals surface area contributed by atoms with Crippen molar-refractivity contribution in [2.24, 2.45) is 5.73 Å². The smallest absolute Gasteiger partial charge is 0.325 e. The van der Waals surface area contributed by atoms with Crippen LogP contribution in [0.2, 0.25) is 0 Å². The maximum Gasteiger partial charge on any atom is 0.325 e.